The number of esters is 1. The highest BCUT2D eigenvalue weighted by molar-refractivity contribution is 6.33. The molecular formula is C20H15ClFN3O4. The van der Waals surface area contributed by atoms with Crippen molar-refractivity contribution in [2.45, 2.75) is 20.0 Å². The van der Waals surface area contributed by atoms with Gasteiger partial charge in [-0.15, -0.1) is 0 Å². The maximum atomic E-state index is 13.1. The third-order valence-corrected chi connectivity index (χ3v) is 4.38. The lowest BCUT2D eigenvalue weighted by Gasteiger charge is -2.14. The molecule has 0 aliphatic rings. The van der Waals surface area contributed by atoms with Crippen LogP contribution in [0.1, 0.15) is 28.6 Å². The normalized spacial score (nSPS) is 11.6. The van der Waals surface area contributed by atoms with E-state index < -0.39 is 23.8 Å². The Balaban J connectivity index is 1.78. The van der Waals surface area contributed by atoms with E-state index in [1.165, 1.54) is 19.9 Å². The van der Waals surface area contributed by atoms with Gasteiger partial charge in [-0.1, -0.05) is 11.6 Å². The number of ether oxygens (including phenoxy) is 1. The zero-order chi connectivity index (χ0) is 21.1. The molecule has 0 saturated heterocycles. The summed E-state index contributed by atoms with van der Waals surface area (Å²) < 4.78 is 25.4. The first-order chi connectivity index (χ1) is 13.8. The molecule has 1 atom stereocenters. The number of hydrogen-bond donors (Lipinski definition) is 1. The number of amides is 1. The zero-order valence-electron chi connectivity index (χ0n) is 15.4. The molecule has 3 aromatic rings. The molecule has 1 N–H and O–H groups in total. The number of anilines is 1. The first kappa shape index (κ1) is 20.2. The number of nitriles is 1. The number of hydrogen-bond acceptors (Lipinski definition) is 5. The van der Waals surface area contributed by atoms with Crippen LogP contribution in [0.25, 0.3) is 5.88 Å². The van der Waals surface area contributed by atoms with Gasteiger partial charge in [0.1, 0.15) is 28.8 Å². The number of aryl methyl sites for hydroxylation is 1. The summed E-state index contributed by atoms with van der Waals surface area (Å²) in [6, 6.07) is 8.89. The van der Waals surface area contributed by atoms with E-state index in [0.717, 1.165) is 12.1 Å². The van der Waals surface area contributed by atoms with Gasteiger partial charge in [-0.05, 0) is 44.2 Å². The van der Waals surface area contributed by atoms with E-state index in [4.69, 9.17) is 20.8 Å². The number of benzene rings is 1. The van der Waals surface area contributed by atoms with Crippen LogP contribution in [0, 0.1) is 24.1 Å². The van der Waals surface area contributed by atoms with E-state index in [-0.39, 0.29) is 33.5 Å². The van der Waals surface area contributed by atoms with Crippen LogP contribution >= 0.6 is 11.6 Å². The molecule has 1 aromatic carbocycles. The van der Waals surface area contributed by atoms with Gasteiger partial charge >= 0.3 is 5.97 Å². The van der Waals surface area contributed by atoms with Crippen molar-refractivity contribution in [3.05, 3.63) is 70.5 Å². The van der Waals surface area contributed by atoms with Gasteiger partial charge in [0, 0.05) is 12.4 Å². The van der Waals surface area contributed by atoms with Gasteiger partial charge in [0.15, 0.2) is 6.10 Å². The SMILES string of the molecule is Cc1oc(-n2cccc2)c(C#N)c1C(=O)O[C@@H](C)C(=O)Nc1ccc(F)cc1Cl. The number of furan rings is 1. The largest absolute Gasteiger partial charge is 0.449 e. The standard InChI is InChI=1S/C20H15ClFN3O4/c1-11-17(14(10-23)19(28-11)25-7-3-4-8-25)20(27)29-12(2)18(26)24-16-6-5-13(22)9-15(16)21/h3-9,12H,1-2H3,(H,24,26)/t12-/m0/s1. The van der Waals surface area contributed by atoms with Crippen LogP contribution in [0.5, 0.6) is 0 Å². The monoisotopic (exact) mass is 415 g/mol. The van der Waals surface area contributed by atoms with E-state index in [1.54, 1.807) is 29.1 Å². The molecule has 0 saturated carbocycles. The van der Waals surface area contributed by atoms with Crippen LogP contribution in [-0.4, -0.2) is 22.5 Å². The van der Waals surface area contributed by atoms with Crippen LogP contribution in [0.15, 0.2) is 47.1 Å². The Hall–Kier alpha value is -3.57. The Bertz CT molecular complexity index is 1120. The van der Waals surface area contributed by atoms with Crippen molar-refractivity contribution in [3.63, 3.8) is 0 Å². The molecule has 0 spiro atoms. The first-order valence-electron chi connectivity index (χ1n) is 8.45. The third-order valence-electron chi connectivity index (χ3n) is 4.06. The highest BCUT2D eigenvalue weighted by atomic mass is 35.5. The van der Waals surface area contributed by atoms with Crippen LogP contribution < -0.4 is 5.32 Å². The van der Waals surface area contributed by atoms with Gasteiger partial charge in [-0.3, -0.25) is 9.36 Å². The number of carbonyl (C=O) groups is 2. The van der Waals surface area contributed by atoms with Crippen LogP contribution in [0.4, 0.5) is 10.1 Å². The predicted octanol–water partition coefficient (Wildman–Crippen LogP) is 4.23. The summed E-state index contributed by atoms with van der Waals surface area (Å²) in [7, 11) is 0. The first-order valence-corrected chi connectivity index (χ1v) is 8.83. The van der Waals surface area contributed by atoms with Gasteiger partial charge in [0.25, 0.3) is 5.91 Å². The third kappa shape index (κ3) is 4.15. The molecule has 0 aliphatic carbocycles. The smallest absolute Gasteiger partial charge is 0.343 e. The maximum Gasteiger partial charge on any atom is 0.343 e. The maximum absolute atomic E-state index is 13.1. The van der Waals surface area contributed by atoms with Crippen LogP contribution in [-0.2, 0) is 9.53 Å². The molecule has 0 fully saturated rings. The van der Waals surface area contributed by atoms with Crippen molar-refractivity contribution >= 4 is 29.2 Å². The molecule has 0 radical (unpaired) electrons. The van der Waals surface area contributed by atoms with Crippen molar-refractivity contribution < 1.29 is 23.1 Å². The number of rotatable bonds is 5. The molecule has 0 unspecified atom stereocenters. The van der Waals surface area contributed by atoms with Crippen molar-refractivity contribution in [3.8, 4) is 12.0 Å². The van der Waals surface area contributed by atoms with Gasteiger partial charge in [0.05, 0.1) is 10.7 Å². The minimum Gasteiger partial charge on any atom is -0.449 e. The number of aromatic nitrogens is 1. The Morgan fingerprint density at radius 3 is 2.66 bits per heavy atom. The fourth-order valence-corrected chi connectivity index (χ4v) is 2.84. The molecule has 2 aromatic heterocycles. The Morgan fingerprint density at radius 2 is 2.03 bits per heavy atom. The average molecular weight is 416 g/mol. The highest BCUT2D eigenvalue weighted by Crippen LogP contribution is 2.27. The van der Waals surface area contributed by atoms with E-state index in [0.29, 0.717) is 0 Å². The molecule has 148 valence electrons. The van der Waals surface area contributed by atoms with Gasteiger partial charge in [-0.2, -0.15) is 5.26 Å². The van der Waals surface area contributed by atoms with Gasteiger partial charge in [-0.25, -0.2) is 9.18 Å². The Morgan fingerprint density at radius 1 is 1.34 bits per heavy atom. The van der Waals surface area contributed by atoms with Crippen molar-refractivity contribution in [1.29, 1.82) is 5.26 Å². The summed E-state index contributed by atoms with van der Waals surface area (Å²) in [4.78, 5) is 24.9. The number of halogens is 2. The zero-order valence-corrected chi connectivity index (χ0v) is 16.2. The second-order valence-electron chi connectivity index (χ2n) is 6.08. The van der Waals surface area contributed by atoms with Crippen molar-refractivity contribution in [2.75, 3.05) is 5.32 Å². The second kappa shape index (κ2) is 8.20. The molecule has 29 heavy (non-hydrogen) atoms. The summed E-state index contributed by atoms with van der Waals surface area (Å²) >= 11 is 5.88. The van der Waals surface area contributed by atoms with E-state index >= 15 is 0 Å². The van der Waals surface area contributed by atoms with Crippen molar-refractivity contribution in [2.24, 2.45) is 0 Å². The quantitative estimate of drug-likeness (QED) is 0.629. The summed E-state index contributed by atoms with van der Waals surface area (Å²) in [5, 5.41) is 12.0. The molecular weight excluding hydrogens is 401 g/mol. The summed E-state index contributed by atoms with van der Waals surface area (Å²) in [5.41, 5.74) is 0.113. The molecule has 2 heterocycles. The van der Waals surface area contributed by atoms with Crippen LogP contribution in [0.2, 0.25) is 5.02 Å². The Labute approximate surface area is 170 Å². The van der Waals surface area contributed by atoms with E-state index in [2.05, 4.69) is 5.32 Å². The van der Waals surface area contributed by atoms with Crippen LogP contribution in [0.3, 0.4) is 0 Å². The molecule has 9 heteroatoms. The lowest BCUT2D eigenvalue weighted by Crippen LogP contribution is -2.30. The molecule has 0 bridgehead atoms. The molecule has 0 aliphatic heterocycles. The van der Waals surface area contributed by atoms with Gasteiger partial charge < -0.3 is 14.5 Å². The summed E-state index contributed by atoms with van der Waals surface area (Å²) in [6.07, 6.45) is 2.12. The summed E-state index contributed by atoms with van der Waals surface area (Å²) in [6.45, 7) is 2.88. The number of carbonyl (C=O) groups excluding carboxylic acids is 2. The molecule has 3 rings (SSSR count). The minimum atomic E-state index is -1.21. The molecule has 7 nitrogen and oxygen atoms in total. The topological polar surface area (TPSA) is 97.3 Å². The fraction of sp³-hybridized carbons (Fsp3) is 0.150. The molecule has 1 amide bonds. The number of nitrogens with zero attached hydrogens (tertiary/aromatic N) is 2. The number of nitrogens with one attached hydrogen (secondary N) is 1. The van der Waals surface area contributed by atoms with E-state index in [9.17, 15) is 19.2 Å². The lowest BCUT2D eigenvalue weighted by atomic mass is 10.1. The lowest BCUT2D eigenvalue weighted by molar-refractivity contribution is -0.123. The van der Waals surface area contributed by atoms with Gasteiger partial charge in [0.2, 0.25) is 5.88 Å². The Kier molecular flexibility index (Phi) is 5.71. The average Bonchev–Trinajstić information content (AvgIpc) is 3.30. The highest BCUT2D eigenvalue weighted by Gasteiger charge is 2.28. The predicted molar refractivity (Wildman–Crippen MR) is 102 cm³/mol. The minimum absolute atomic E-state index is 0.00196. The summed E-state index contributed by atoms with van der Waals surface area (Å²) in [5.74, 6) is -1.74. The van der Waals surface area contributed by atoms with Crippen molar-refractivity contribution in [1.82, 2.24) is 4.57 Å². The fourth-order valence-electron chi connectivity index (χ4n) is 2.63. The van der Waals surface area contributed by atoms with E-state index in [1.807, 2.05) is 6.07 Å². The second-order valence-corrected chi connectivity index (χ2v) is 6.48.